The fraction of sp³-hybridized carbons (Fsp3) is 0.286. The van der Waals surface area contributed by atoms with Gasteiger partial charge in [0.25, 0.3) is 0 Å². The molecule has 1 N–H and O–H groups in total. The number of rotatable bonds is 4. The number of hydrogen-bond acceptors (Lipinski definition) is 5. The number of amides is 1. The van der Waals surface area contributed by atoms with E-state index >= 15 is 0 Å². The van der Waals surface area contributed by atoms with Crippen LogP contribution in [0.15, 0.2) is 42.5 Å². The molecule has 0 aliphatic carbocycles. The lowest BCUT2D eigenvalue weighted by Crippen LogP contribution is -2.24. The Balaban J connectivity index is 1.42. The van der Waals surface area contributed by atoms with Crippen molar-refractivity contribution in [3.63, 3.8) is 0 Å². The first-order valence-corrected chi connectivity index (χ1v) is 11.6. The summed E-state index contributed by atoms with van der Waals surface area (Å²) in [6.07, 6.45) is 4.45. The van der Waals surface area contributed by atoms with Gasteiger partial charge in [-0.2, -0.15) is 0 Å². The van der Waals surface area contributed by atoms with Gasteiger partial charge in [-0.05, 0) is 30.2 Å². The number of hydrogen-bond donors (Lipinski definition) is 1. The van der Waals surface area contributed by atoms with E-state index in [1.54, 1.807) is 42.5 Å². The monoisotopic (exact) mass is 448 g/mol. The summed E-state index contributed by atoms with van der Waals surface area (Å²) < 4.78 is 36.6. The number of nitrogens with one attached hydrogen (secondary N) is 1. The smallest absolute Gasteiger partial charge is 0.248 e. The molecule has 30 heavy (non-hydrogen) atoms. The quantitative estimate of drug-likeness (QED) is 0.721. The third-order valence-electron chi connectivity index (χ3n) is 4.80. The number of carbonyl (C=O) groups is 1. The van der Waals surface area contributed by atoms with Crippen molar-refractivity contribution in [3.05, 3.63) is 53.1 Å². The summed E-state index contributed by atoms with van der Waals surface area (Å²) >= 11 is 6.25. The minimum absolute atomic E-state index is 0.178. The van der Waals surface area contributed by atoms with E-state index in [9.17, 15) is 13.2 Å². The van der Waals surface area contributed by atoms with Gasteiger partial charge in [-0.3, -0.25) is 9.10 Å². The Morgan fingerprint density at radius 1 is 1.07 bits per heavy atom. The highest BCUT2D eigenvalue weighted by atomic mass is 35.5. The Bertz CT molecular complexity index is 1080. The van der Waals surface area contributed by atoms with Gasteiger partial charge in [-0.25, -0.2) is 8.42 Å². The number of fused-ring (bicyclic) bond motifs is 1. The number of nitrogens with zero attached hydrogens (tertiary/aromatic N) is 1. The molecule has 2 aliphatic heterocycles. The fourth-order valence-electron chi connectivity index (χ4n) is 3.31. The highest BCUT2D eigenvalue weighted by Gasteiger charge is 2.28. The molecule has 0 unspecified atom stereocenters. The van der Waals surface area contributed by atoms with Gasteiger partial charge >= 0.3 is 0 Å². The summed E-state index contributed by atoms with van der Waals surface area (Å²) in [5.41, 5.74) is 1.84. The summed E-state index contributed by atoms with van der Waals surface area (Å²) in [6, 6.07) is 10.3. The zero-order valence-corrected chi connectivity index (χ0v) is 17.7. The van der Waals surface area contributed by atoms with E-state index in [4.69, 9.17) is 21.1 Å². The molecule has 9 heteroatoms. The first-order valence-electron chi connectivity index (χ1n) is 9.61. The molecule has 2 aliphatic rings. The lowest BCUT2D eigenvalue weighted by Gasteiger charge is -2.16. The minimum atomic E-state index is -3.21. The van der Waals surface area contributed by atoms with Gasteiger partial charge in [-0.15, -0.1) is 0 Å². The first kappa shape index (κ1) is 20.6. The van der Waals surface area contributed by atoms with E-state index in [0.717, 1.165) is 12.0 Å². The molecule has 158 valence electrons. The molecule has 0 spiro atoms. The molecular weight excluding hydrogens is 428 g/mol. The summed E-state index contributed by atoms with van der Waals surface area (Å²) in [6.45, 7) is 1.59. The van der Waals surface area contributed by atoms with Crippen LogP contribution in [0.5, 0.6) is 11.5 Å². The highest BCUT2D eigenvalue weighted by Crippen LogP contribution is 2.37. The molecular formula is C21H21ClN2O5S. The Kier molecular flexibility index (Phi) is 5.87. The second kappa shape index (κ2) is 8.57. The van der Waals surface area contributed by atoms with Crippen LogP contribution in [0.2, 0.25) is 5.02 Å². The fourth-order valence-corrected chi connectivity index (χ4v) is 5.07. The molecule has 0 radical (unpaired) electrons. The van der Waals surface area contributed by atoms with Crippen molar-refractivity contribution in [2.45, 2.75) is 12.8 Å². The second-order valence-electron chi connectivity index (χ2n) is 6.99. The SMILES string of the molecule is O=C(/C=C/c1ccc(N2CCCS2(=O)=O)cc1)Nc1cc2c(cc1Cl)OCCCO2. The number of halogens is 1. The second-order valence-corrected chi connectivity index (χ2v) is 9.41. The minimum Gasteiger partial charge on any atom is -0.490 e. The molecule has 4 rings (SSSR count). The number of ether oxygens (including phenoxy) is 2. The van der Waals surface area contributed by atoms with Crippen molar-refractivity contribution in [1.29, 1.82) is 0 Å². The average molecular weight is 449 g/mol. The number of carbonyl (C=O) groups excluding carboxylic acids is 1. The molecule has 1 fully saturated rings. The zero-order valence-electron chi connectivity index (χ0n) is 16.1. The van der Waals surface area contributed by atoms with Gasteiger partial charge in [0.05, 0.1) is 35.4 Å². The summed E-state index contributed by atoms with van der Waals surface area (Å²) in [5.74, 6) is 0.935. The molecule has 2 aromatic rings. The molecule has 0 aromatic heterocycles. The van der Waals surface area contributed by atoms with Gasteiger partial charge in [0.1, 0.15) is 0 Å². The largest absolute Gasteiger partial charge is 0.490 e. The van der Waals surface area contributed by atoms with Crippen LogP contribution >= 0.6 is 11.6 Å². The third kappa shape index (κ3) is 4.55. The number of sulfonamides is 1. The van der Waals surface area contributed by atoms with E-state index in [1.165, 1.54) is 10.4 Å². The van der Waals surface area contributed by atoms with Gasteiger partial charge in [-0.1, -0.05) is 23.7 Å². The molecule has 0 bridgehead atoms. The zero-order chi connectivity index (χ0) is 21.1. The van der Waals surface area contributed by atoms with Crippen molar-refractivity contribution >= 4 is 45.0 Å². The Hall–Kier alpha value is -2.71. The summed E-state index contributed by atoms with van der Waals surface area (Å²) in [7, 11) is -3.21. The number of benzene rings is 2. The lowest BCUT2D eigenvalue weighted by atomic mass is 10.2. The van der Waals surface area contributed by atoms with Crippen LogP contribution in [0.4, 0.5) is 11.4 Å². The van der Waals surface area contributed by atoms with Crippen LogP contribution in [0.1, 0.15) is 18.4 Å². The van der Waals surface area contributed by atoms with E-state index in [0.29, 0.717) is 54.1 Å². The van der Waals surface area contributed by atoms with E-state index in [-0.39, 0.29) is 11.7 Å². The maximum atomic E-state index is 12.3. The Morgan fingerprint density at radius 3 is 2.43 bits per heavy atom. The Morgan fingerprint density at radius 2 is 1.77 bits per heavy atom. The molecule has 0 atom stereocenters. The van der Waals surface area contributed by atoms with Crippen LogP contribution < -0.4 is 19.1 Å². The van der Waals surface area contributed by atoms with E-state index < -0.39 is 10.0 Å². The van der Waals surface area contributed by atoms with Crippen molar-refractivity contribution in [1.82, 2.24) is 0 Å². The van der Waals surface area contributed by atoms with Crippen LogP contribution in [-0.2, 0) is 14.8 Å². The van der Waals surface area contributed by atoms with Crippen molar-refractivity contribution in [3.8, 4) is 11.5 Å². The summed E-state index contributed by atoms with van der Waals surface area (Å²) in [5, 5.41) is 3.10. The predicted octanol–water partition coefficient (Wildman–Crippen LogP) is 3.69. The van der Waals surface area contributed by atoms with Gasteiger partial charge in [0.15, 0.2) is 11.5 Å². The highest BCUT2D eigenvalue weighted by molar-refractivity contribution is 7.93. The van der Waals surface area contributed by atoms with Crippen LogP contribution in [-0.4, -0.2) is 39.8 Å². The lowest BCUT2D eigenvalue weighted by molar-refractivity contribution is -0.111. The van der Waals surface area contributed by atoms with E-state index in [1.807, 2.05) is 0 Å². The molecule has 1 amide bonds. The maximum Gasteiger partial charge on any atom is 0.248 e. The van der Waals surface area contributed by atoms with Crippen LogP contribution in [0.25, 0.3) is 6.08 Å². The van der Waals surface area contributed by atoms with Gasteiger partial charge in [0, 0.05) is 31.2 Å². The average Bonchev–Trinajstić information content (AvgIpc) is 2.92. The Labute approximate surface area is 180 Å². The van der Waals surface area contributed by atoms with Crippen LogP contribution in [0, 0.1) is 0 Å². The van der Waals surface area contributed by atoms with Crippen LogP contribution in [0.3, 0.4) is 0 Å². The number of anilines is 2. The topological polar surface area (TPSA) is 84.9 Å². The maximum absolute atomic E-state index is 12.3. The predicted molar refractivity (Wildman–Crippen MR) is 117 cm³/mol. The molecule has 2 heterocycles. The molecule has 0 saturated carbocycles. The van der Waals surface area contributed by atoms with Crippen molar-refractivity contribution in [2.24, 2.45) is 0 Å². The molecule has 1 saturated heterocycles. The van der Waals surface area contributed by atoms with E-state index in [2.05, 4.69) is 5.32 Å². The standard InChI is InChI=1S/C21H21ClN2O5S/c22-17-13-19-20(29-11-2-10-28-19)14-18(17)23-21(25)8-5-15-3-6-16(7-4-15)24-9-1-12-30(24,26)27/h3-8,13-14H,1-2,9-12H2,(H,23,25)/b8-5+. The molecule has 7 nitrogen and oxygen atoms in total. The molecule has 2 aromatic carbocycles. The normalized spacial score (nSPS) is 17.7. The van der Waals surface area contributed by atoms with Gasteiger partial charge < -0.3 is 14.8 Å². The summed E-state index contributed by atoms with van der Waals surface area (Å²) in [4.78, 5) is 12.3. The van der Waals surface area contributed by atoms with Crippen molar-refractivity contribution in [2.75, 3.05) is 35.1 Å². The van der Waals surface area contributed by atoms with Crippen molar-refractivity contribution < 1.29 is 22.7 Å². The first-order chi connectivity index (χ1) is 14.4. The third-order valence-corrected chi connectivity index (χ3v) is 6.98. The van der Waals surface area contributed by atoms with Gasteiger partial charge in [0.2, 0.25) is 15.9 Å².